The lowest BCUT2D eigenvalue weighted by Gasteiger charge is -2.39. The van der Waals surface area contributed by atoms with Crippen molar-refractivity contribution in [2.45, 2.75) is 82.3 Å². The Morgan fingerprint density at radius 1 is 1.21 bits per heavy atom. The number of thiophene rings is 1. The average molecular weight is 602 g/mol. The van der Waals surface area contributed by atoms with Crippen molar-refractivity contribution in [3.63, 3.8) is 0 Å². The molecule has 4 aromatic rings. The fraction of sp³-hybridized carbons (Fsp3) is 0.581. The van der Waals surface area contributed by atoms with Gasteiger partial charge in [0.15, 0.2) is 22.9 Å². The predicted octanol–water partition coefficient (Wildman–Crippen LogP) is 4.43. The maximum absolute atomic E-state index is 11.0. The molecule has 1 saturated heterocycles. The van der Waals surface area contributed by atoms with Crippen molar-refractivity contribution in [3.05, 3.63) is 33.5 Å². The van der Waals surface area contributed by atoms with Crippen LogP contribution < -0.4 is 10.6 Å². The van der Waals surface area contributed by atoms with E-state index >= 15 is 0 Å². The topological polar surface area (TPSA) is 146 Å². The van der Waals surface area contributed by atoms with Crippen LogP contribution in [0.15, 0.2) is 10.7 Å². The number of fused-ring (bicyclic) bond motifs is 5. The SMILES string of the molecule is C[C@@H](CN(C)C)n1ncc2c(N3CCC[C@@](C)(O)C3)nc(-c3noc4c3CCC[C@@]43CCCc4sc(N)c(C#N)c43)nc21. The monoisotopic (exact) mass is 601 g/mol. The van der Waals surface area contributed by atoms with Crippen molar-refractivity contribution in [3.8, 4) is 17.6 Å². The molecule has 0 unspecified atom stereocenters. The number of rotatable bonds is 5. The lowest BCUT2D eigenvalue weighted by Crippen LogP contribution is -2.46. The van der Waals surface area contributed by atoms with Crippen LogP contribution in [0.25, 0.3) is 22.6 Å². The summed E-state index contributed by atoms with van der Waals surface area (Å²) in [5, 5.41) is 32.0. The number of aryl methyl sites for hydroxylation is 1. The summed E-state index contributed by atoms with van der Waals surface area (Å²) in [4.78, 5) is 15.7. The number of aromatic nitrogens is 5. The molecule has 4 aromatic heterocycles. The van der Waals surface area contributed by atoms with Crippen molar-refractivity contribution in [1.29, 1.82) is 5.26 Å². The number of hydrogen-bond donors (Lipinski definition) is 2. The first-order chi connectivity index (χ1) is 20.6. The van der Waals surface area contributed by atoms with Crippen LogP contribution in [0.1, 0.15) is 85.7 Å². The van der Waals surface area contributed by atoms with Crippen molar-refractivity contribution in [1.82, 2.24) is 29.8 Å². The van der Waals surface area contributed by atoms with Crippen molar-refractivity contribution in [2.75, 3.05) is 44.4 Å². The zero-order chi connectivity index (χ0) is 30.1. The number of nitrogens with two attached hydrogens (primary N) is 1. The molecule has 3 aliphatic rings. The first kappa shape index (κ1) is 28.3. The number of piperidine rings is 1. The van der Waals surface area contributed by atoms with Crippen LogP contribution in [-0.4, -0.2) is 74.2 Å². The molecule has 5 heterocycles. The van der Waals surface area contributed by atoms with Crippen LogP contribution in [0.4, 0.5) is 10.8 Å². The van der Waals surface area contributed by atoms with Crippen molar-refractivity contribution >= 4 is 33.2 Å². The second-order valence-corrected chi connectivity index (χ2v) is 14.3. The molecule has 11 nitrogen and oxygen atoms in total. The van der Waals surface area contributed by atoms with Gasteiger partial charge < -0.3 is 25.2 Å². The molecule has 226 valence electrons. The van der Waals surface area contributed by atoms with E-state index in [2.05, 4.69) is 42.0 Å². The fourth-order valence-corrected chi connectivity index (χ4v) is 8.96. The predicted molar refractivity (Wildman–Crippen MR) is 166 cm³/mol. The molecule has 1 spiro atoms. The summed E-state index contributed by atoms with van der Waals surface area (Å²) in [6.45, 7) is 6.11. The molecule has 43 heavy (non-hydrogen) atoms. The van der Waals surface area contributed by atoms with Gasteiger partial charge in [-0.1, -0.05) is 5.16 Å². The van der Waals surface area contributed by atoms with Gasteiger partial charge in [-0.2, -0.15) is 10.4 Å². The Morgan fingerprint density at radius 2 is 2.00 bits per heavy atom. The van der Waals surface area contributed by atoms with Crippen LogP contribution in [0, 0.1) is 11.3 Å². The Labute approximate surface area is 255 Å². The van der Waals surface area contributed by atoms with Gasteiger partial charge in [0.2, 0.25) is 0 Å². The number of nitrogens with zero attached hydrogens (tertiary/aromatic N) is 8. The molecule has 1 aliphatic heterocycles. The minimum atomic E-state index is -0.803. The number of anilines is 2. The molecule has 0 aromatic carbocycles. The number of nitriles is 1. The second-order valence-electron chi connectivity index (χ2n) is 13.2. The van der Waals surface area contributed by atoms with E-state index in [4.69, 9.17) is 25.3 Å². The van der Waals surface area contributed by atoms with Gasteiger partial charge in [0, 0.05) is 30.1 Å². The van der Waals surface area contributed by atoms with Crippen LogP contribution in [0.3, 0.4) is 0 Å². The smallest absolute Gasteiger partial charge is 0.186 e. The van der Waals surface area contributed by atoms with E-state index in [9.17, 15) is 10.4 Å². The second kappa shape index (κ2) is 10.3. The van der Waals surface area contributed by atoms with Gasteiger partial charge >= 0.3 is 0 Å². The zero-order valence-electron chi connectivity index (χ0n) is 25.4. The van der Waals surface area contributed by atoms with Crippen LogP contribution in [0.5, 0.6) is 0 Å². The van der Waals surface area contributed by atoms with E-state index in [1.165, 1.54) is 4.88 Å². The molecule has 0 radical (unpaired) electrons. The Kier molecular flexibility index (Phi) is 6.76. The molecular formula is C31H39N9O2S. The zero-order valence-corrected chi connectivity index (χ0v) is 26.2. The van der Waals surface area contributed by atoms with E-state index in [1.54, 1.807) is 11.3 Å². The highest BCUT2D eigenvalue weighted by Crippen LogP contribution is 2.55. The summed E-state index contributed by atoms with van der Waals surface area (Å²) in [6, 6.07) is 2.48. The molecule has 0 amide bonds. The van der Waals surface area contributed by atoms with Crippen LogP contribution in [-0.2, 0) is 18.3 Å². The molecule has 3 atom stereocenters. The highest BCUT2D eigenvalue weighted by Gasteiger charge is 2.49. The molecule has 7 rings (SSSR count). The third-order valence-corrected chi connectivity index (χ3v) is 10.6. The van der Waals surface area contributed by atoms with Crippen LogP contribution in [0.2, 0.25) is 0 Å². The first-order valence-corrected chi connectivity index (χ1v) is 16.1. The Morgan fingerprint density at radius 3 is 2.74 bits per heavy atom. The summed E-state index contributed by atoms with van der Waals surface area (Å²) in [7, 11) is 4.10. The van der Waals surface area contributed by atoms with Gasteiger partial charge in [0.25, 0.3) is 0 Å². The van der Waals surface area contributed by atoms with Gasteiger partial charge in [-0.05, 0) is 84.9 Å². The van der Waals surface area contributed by atoms with E-state index < -0.39 is 11.0 Å². The van der Waals surface area contributed by atoms with E-state index in [-0.39, 0.29) is 6.04 Å². The molecule has 0 saturated carbocycles. The number of aliphatic hydroxyl groups is 1. The van der Waals surface area contributed by atoms with Gasteiger partial charge in [0.05, 0.1) is 34.2 Å². The summed E-state index contributed by atoms with van der Waals surface area (Å²) >= 11 is 1.54. The maximum Gasteiger partial charge on any atom is 0.186 e. The van der Waals surface area contributed by atoms with E-state index in [1.807, 2.05) is 17.8 Å². The average Bonchev–Trinajstić information content (AvgIpc) is 3.67. The Bertz CT molecular complexity index is 1740. The van der Waals surface area contributed by atoms with Crippen LogP contribution >= 0.6 is 11.3 Å². The quantitative estimate of drug-likeness (QED) is 0.337. The normalized spacial score (nSPS) is 24.3. The standard InChI is InChI=1S/C31H39N9O2S/c1-18(16-38(3)4)40-29-21(15-34-40)28(39-13-7-10-30(2,41)17-39)35-27(36-29)24-19-8-5-11-31(25(19)42-37-24)12-6-9-22-23(31)20(14-32)26(33)43-22/h15,18,41H,5-13,16-17,33H2,1-4H3/t18-,30+,31-/m0/s1. The van der Waals surface area contributed by atoms with E-state index in [0.717, 1.165) is 98.2 Å². The molecular weight excluding hydrogens is 562 g/mol. The molecule has 12 heteroatoms. The highest BCUT2D eigenvalue weighted by atomic mass is 32.1. The summed E-state index contributed by atoms with van der Waals surface area (Å²) in [6.07, 6.45) is 8.97. The minimum absolute atomic E-state index is 0.0798. The summed E-state index contributed by atoms with van der Waals surface area (Å²) in [5.41, 5.74) is 9.22. The Hall–Kier alpha value is -3.53. The number of nitrogen functional groups attached to an aromatic ring is 1. The highest BCUT2D eigenvalue weighted by molar-refractivity contribution is 7.16. The lowest BCUT2D eigenvalue weighted by atomic mass is 9.63. The van der Waals surface area contributed by atoms with E-state index in [0.29, 0.717) is 28.6 Å². The summed E-state index contributed by atoms with van der Waals surface area (Å²) < 4.78 is 8.26. The third kappa shape index (κ3) is 4.51. The van der Waals surface area contributed by atoms with Gasteiger partial charge in [-0.15, -0.1) is 11.3 Å². The molecule has 3 N–H and O–H groups in total. The van der Waals surface area contributed by atoms with Crippen molar-refractivity contribution < 1.29 is 9.63 Å². The molecule has 2 aliphatic carbocycles. The minimum Gasteiger partial charge on any atom is -0.389 e. The fourth-order valence-electron chi connectivity index (χ4n) is 7.80. The number of likely N-dealkylation sites (N-methyl/N-ethyl adjacent to an activating group) is 1. The number of hydrogen-bond acceptors (Lipinski definition) is 11. The Balaban J connectivity index is 1.40. The molecule has 1 fully saturated rings. The first-order valence-electron chi connectivity index (χ1n) is 15.3. The van der Waals surface area contributed by atoms with Gasteiger partial charge in [-0.25, -0.2) is 14.6 Å². The number of β-amino-alcohol motifs (C(OH)–C–C–N with tert-alkyl or cyclic N) is 1. The summed E-state index contributed by atoms with van der Waals surface area (Å²) in [5.74, 6) is 2.11. The third-order valence-electron chi connectivity index (χ3n) is 9.53. The molecule has 0 bridgehead atoms. The maximum atomic E-state index is 11.0. The lowest BCUT2D eigenvalue weighted by molar-refractivity contribution is 0.0448. The largest absolute Gasteiger partial charge is 0.389 e. The van der Waals surface area contributed by atoms with Crippen molar-refractivity contribution in [2.24, 2.45) is 0 Å². The van der Waals surface area contributed by atoms with Gasteiger partial charge in [0.1, 0.15) is 16.9 Å². The van der Waals surface area contributed by atoms with Gasteiger partial charge in [-0.3, -0.25) is 0 Å².